The van der Waals surface area contributed by atoms with Crippen molar-refractivity contribution in [3.05, 3.63) is 285 Å². The number of rotatable bonds is 6. The summed E-state index contributed by atoms with van der Waals surface area (Å²) in [6.45, 7) is 17.9. The van der Waals surface area contributed by atoms with E-state index in [0.717, 1.165) is 49.0 Å². The van der Waals surface area contributed by atoms with Crippen molar-refractivity contribution in [1.29, 1.82) is 0 Å². The molecule has 0 radical (unpaired) electrons. The third-order valence-corrected chi connectivity index (χ3v) is 14.0. The molecule has 12 rings (SSSR count). The minimum absolute atomic E-state index is 0.0921. The van der Waals surface area contributed by atoms with Gasteiger partial charge < -0.3 is 47.2 Å². The first kappa shape index (κ1) is 63.9. The maximum absolute atomic E-state index is 12.7. The van der Waals surface area contributed by atoms with E-state index in [1.807, 2.05) is 97.9 Å². The molecule has 6 aliphatic heterocycles. The number of carbonyl (C=O) groups excluding carboxylic acids is 6. The number of aliphatic hydroxyl groups is 3. The van der Waals surface area contributed by atoms with Crippen LogP contribution in [0.2, 0.25) is 5.02 Å². The molecular weight excluding hydrogens is 1190 g/mol. The van der Waals surface area contributed by atoms with Crippen molar-refractivity contribution in [3.8, 4) is 0 Å². The van der Waals surface area contributed by atoms with Crippen LogP contribution in [0, 0.1) is 18.6 Å². The molecule has 0 spiro atoms. The lowest BCUT2D eigenvalue weighted by Crippen LogP contribution is -2.40. The van der Waals surface area contributed by atoms with Crippen molar-refractivity contribution in [3.63, 3.8) is 0 Å². The van der Waals surface area contributed by atoms with Gasteiger partial charge in [-0.3, -0.25) is 28.8 Å². The lowest BCUT2D eigenvalue weighted by atomic mass is 9.99. The molecule has 0 saturated carbocycles. The number of benzene rings is 6. The van der Waals surface area contributed by atoms with Gasteiger partial charge >= 0.3 is 0 Å². The summed E-state index contributed by atoms with van der Waals surface area (Å²) in [6.07, 6.45) is 8.72. The largest absolute Gasteiger partial charge is 0.367 e. The molecule has 438 valence electrons. The molecule has 9 N–H and O–H groups in total. The summed E-state index contributed by atoms with van der Waals surface area (Å²) in [5.74, 6) is -1.92. The molecule has 6 aromatic rings. The van der Waals surface area contributed by atoms with Gasteiger partial charge in [-0.15, -0.1) is 0 Å². The molecule has 6 aromatic carbocycles. The quantitative estimate of drug-likeness (QED) is 0.0771. The molecule has 0 bridgehead atoms. The van der Waals surface area contributed by atoms with Crippen molar-refractivity contribution < 1.29 is 52.9 Å². The third-order valence-electron chi connectivity index (χ3n) is 13.2. The van der Waals surface area contributed by atoms with Gasteiger partial charge in [-0.2, -0.15) is 0 Å². The number of allylic oxidation sites excluding steroid dienone is 3. The zero-order chi connectivity index (χ0) is 62.7. The Labute approximate surface area is 508 Å². The molecule has 0 aromatic heterocycles. The maximum atomic E-state index is 12.7. The molecular formula is C67H58BrClF2N6O9. The first-order valence-corrected chi connectivity index (χ1v) is 27.4. The number of amides is 6. The molecule has 0 aliphatic carbocycles. The van der Waals surface area contributed by atoms with E-state index in [1.54, 1.807) is 44.2 Å². The molecule has 6 aliphatic rings. The average Bonchev–Trinajstić information content (AvgIpc) is 4.45. The molecule has 19 heteroatoms. The Morgan fingerprint density at radius 1 is 0.395 bits per heavy atom. The van der Waals surface area contributed by atoms with E-state index in [2.05, 4.69) is 67.6 Å². The predicted octanol–water partition coefficient (Wildman–Crippen LogP) is 9.87. The van der Waals surface area contributed by atoms with Gasteiger partial charge in [0.05, 0.1) is 0 Å². The van der Waals surface area contributed by atoms with Gasteiger partial charge in [0.25, 0.3) is 0 Å². The van der Waals surface area contributed by atoms with Gasteiger partial charge in [0.15, 0.2) is 17.2 Å². The number of hydrogen-bond donors (Lipinski definition) is 9. The molecule has 86 heavy (non-hydrogen) atoms. The molecule has 6 heterocycles. The fraction of sp³-hybridized carbons (Fsp3) is 0.104. The number of carbonyl (C=O) groups is 6. The Morgan fingerprint density at radius 2 is 0.674 bits per heavy atom. The minimum atomic E-state index is -1.38. The Kier molecular flexibility index (Phi) is 20.3. The van der Waals surface area contributed by atoms with Crippen molar-refractivity contribution in [2.24, 2.45) is 0 Å². The van der Waals surface area contributed by atoms with Crippen LogP contribution < -0.4 is 31.9 Å². The van der Waals surface area contributed by atoms with Crippen LogP contribution >= 0.6 is 27.5 Å². The van der Waals surface area contributed by atoms with E-state index in [-0.39, 0.29) is 47.1 Å². The second-order valence-electron chi connectivity index (χ2n) is 20.2. The lowest BCUT2D eigenvalue weighted by Gasteiger charge is -2.21. The van der Waals surface area contributed by atoms with Crippen molar-refractivity contribution in [1.82, 2.24) is 31.9 Å². The van der Waals surface area contributed by atoms with Gasteiger partial charge in [-0.05, 0) is 110 Å². The number of halogens is 4. The van der Waals surface area contributed by atoms with E-state index in [1.165, 1.54) is 79.3 Å². The van der Waals surface area contributed by atoms with Gasteiger partial charge in [0.1, 0.15) is 11.6 Å². The lowest BCUT2D eigenvalue weighted by molar-refractivity contribution is -0.120. The minimum Gasteiger partial charge on any atom is -0.367 e. The van der Waals surface area contributed by atoms with E-state index in [0.29, 0.717) is 44.4 Å². The number of hydrogen-bond acceptors (Lipinski definition) is 9. The highest BCUT2D eigenvalue weighted by molar-refractivity contribution is 9.10. The van der Waals surface area contributed by atoms with E-state index < -0.39 is 17.2 Å². The molecule has 3 unspecified atom stereocenters. The average molecular weight is 1240 g/mol. The highest BCUT2D eigenvalue weighted by Gasteiger charge is 2.36. The summed E-state index contributed by atoms with van der Waals surface area (Å²) >= 11 is 9.09. The summed E-state index contributed by atoms with van der Waals surface area (Å²) in [4.78, 5) is 66.4. The van der Waals surface area contributed by atoms with E-state index in [9.17, 15) is 52.9 Å². The molecule has 0 fully saturated rings. The van der Waals surface area contributed by atoms with Crippen molar-refractivity contribution in [2.45, 2.75) is 44.9 Å². The van der Waals surface area contributed by atoms with Gasteiger partial charge in [-0.25, -0.2) is 8.78 Å². The van der Waals surface area contributed by atoms with Gasteiger partial charge in [-0.1, -0.05) is 156 Å². The van der Waals surface area contributed by atoms with Crippen LogP contribution in [0.15, 0.2) is 229 Å². The summed E-state index contributed by atoms with van der Waals surface area (Å²) in [7, 11) is 0. The van der Waals surface area contributed by atoms with Crippen LogP contribution in [0.3, 0.4) is 0 Å². The second-order valence-corrected chi connectivity index (χ2v) is 21.5. The third kappa shape index (κ3) is 17.0. The van der Waals surface area contributed by atoms with Crippen molar-refractivity contribution in [2.75, 3.05) is 0 Å². The Balaban J connectivity index is 0.000000148. The van der Waals surface area contributed by atoms with Crippen LogP contribution in [0.5, 0.6) is 0 Å². The highest BCUT2D eigenvalue weighted by Crippen LogP contribution is 2.33. The summed E-state index contributed by atoms with van der Waals surface area (Å²) in [5, 5.41) is 45.5. The molecule has 0 saturated heterocycles. The van der Waals surface area contributed by atoms with Crippen LogP contribution in [-0.2, 0) is 28.8 Å². The van der Waals surface area contributed by atoms with Gasteiger partial charge in [0, 0.05) is 96.5 Å². The maximum Gasteiger partial charge on any atom is 0.249 e. The predicted molar refractivity (Wildman–Crippen MR) is 332 cm³/mol. The van der Waals surface area contributed by atoms with E-state index in [4.69, 9.17) is 11.6 Å². The molecule has 15 nitrogen and oxygen atoms in total. The SMILES string of the molecule is C=C1NC(=O)C=C1c1ccc(C)cc1.C=C1NC(=O)C=C1c1ccc(Cl)cc1.C=C1NC(=O)C=C1c1ccc(F)cc1.CC1(O)NC(=O)C=C1c1ccc(Br)cc1.CC1(O)NC(=O)C=C1c1ccc(F)cc1.CC1(O)NC(=O)C=C1c1ccccc1. The second kappa shape index (κ2) is 27.3. The highest BCUT2D eigenvalue weighted by atomic mass is 79.9. The van der Waals surface area contributed by atoms with Crippen LogP contribution in [0.4, 0.5) is 8.78 Å². The fourth-order valence-corrected chi connectivity index (χ4v) is 9.38. The van der Waals surface area contributed by atoms with Crippen LogP contribution in [-0.4, -0.2) is 67.9 Å². The summed E-state index contributed by atoms with van der Waals surface area (Å²) in [5.41, 5.74) is 8.34. The zero-order valence-electron chi connectivity index (χ0n) is 46.8. The van der Waals surface area contributed by atoms with Gasteiger partial charge in [0.2, 0.25) is 35.4 Å². The first-order chi connectivity index (χ1) is 40.6. The summed E-state index contributed by atoms with van der Waals surface area (Å²) in [6, 6.07) is 43.7. The topological polar surface area (TPSA) is 235 Å². The summed E-state index contributed by atoms with van der Waals surface area (Å²) < 4.78 is 26.3. The number of aryl methyl sites for hydroxylation is 1. The normalized spacial score (nSPS) is 20.4. The first-order valence-electron chi connectivity index (χ1n) is 26.2. The molecule has 6 amide bonds. The monoisotopic (exact) mass is 1240 g/mol. The van der Waals surface area contributed by atoms with Crippen LogP contribution in [0.1, 0.15) is 59.7 Å². The fourth-order valence-electron chi connectivity index (χ4n) is 8.99. The van der Waals surface area contributed by atoms with Crippen molar-refractivity contribution >= 4 is 96.4 Å². The standard InChI is InChI=1S/C12H11NO.C11H10BrNO2.C11H8ClNO.C11H10FNO2.C11H8FNO.C11H11NO2/c1-8-3-5-10(6-4-8)11-7-12(14)13-9(11)2;1-11(15)9(6-10(14)13-11)7-2-4-8(12)5-3-7;1-7-10(6-11(14)13-7)8-2-4-9(12)5-3-8;1-11(15)9(6-10(14)13-11)7-2-4-8(12)5-3-7;1-7-10(6-11(14)13-7)8-2-4-9(12)5-3-8;1-11(14)9(7-10(13)12-11)8-5-3-2-4-6-8/h3-7H,2H2,1H3,(H,13,14);2-6,15H,1H3,(H,13,14);2-6H,1H2,(H,13,14);2-6,15H,1H3,(H,13,14);2-6H,1H2,(H,13,14);2-7,14H,1H3,(H,12,13). The number of nitrogens with one attached hydrogen (secondary N) is 6. The van der Waals surface area contributed by atoms with Crippen LogP contribution in [0.25, 0.3) is 33.4 Å². The Morgan fingerprint density at radius 3 is 0.965 bits per heavy atom. The molecule has 3 atom stereocenters. The smallest absolute Gasteiger partial charge is 0.249 e. The Hall–Kier alpha value is -9.69. The van der Waals surface area contributed by atoms with E-state index >= 15 is 0 Å². The Bertz CT molecular complexity index is 3580. The zero-order valence-corrected chi connectivity index (χ0v) is 49.2.